The Hall–Kier alpha value is -0.120. The van der Waals surface area contributed by atoms with E-state index < -0.39 is 0 Å². The zero-order valence-electron chi connectivity index (χ0n) is 9.25. The Morgan fingerprint density at radius 2 is 2.15 bits per heavy atom. The number of ether oxygens (including phenoxy) is 1. The Morgan fingerprint density at radius 3 is 2.62 bits per heavy atom. The molecule has 0 rings (SSSR count). The molecule has 0 spiro atoms. The summed E-state index contributed by atoms with van der Waals surface area (Å²) in [6.45, 7) is 4.95. The van der Waals surface area contributed by atoms with Gasteiger partial charge in [-0.15, -0.1) is 0 Å². The predicted molar refractivity (Wildman–Crippen MR) is 56.9 cm³/mol. The van der Waals surface area contributed by atoms with E-state index in [4.69, 9.17) is 10.5 Å². The first-order valence-corrected chi connectivity index (χ1v) is 5.15. The van der Waals surface area contributed by atoms with E-state index in [0.717, 1.165) is 32.5 Å². The van der Waals surface area contributed by atoms with Crippen LogP contribution in [-0.2, 0) is 4.74 Å². The molecule has 0 aliphatic heterocycles. The van der Waals surface area contributed by atoms with E-state index in [0.29, 0.717) is 6.04 Å². The van der Waals surface area contributed by atoms with Crippen LogP contribution in [0.1, 0.15) is 26.2 Å². The Morgan fingerprint density at radius 1 is 1.46 bits per heavy atom. The molecule has 13 heavy (non-hydrogen) atoms. The minimum atomic E-state index is 0.641. The fourth-order valence-electron chi connectivity index (χ4n) is 1.57. The lowest BCUT2D eigenvalue weighted by Gasteiger charge is -2.26. The van der Waals surface area contributed by atoms with Crippen LogP contribution in [0.2, 0.25) is 0 Å². The summed E-state index contributed by atoms with van der Waals surface area (Å²) in [7, 11) is 3.91. The van der Waals surface area contributed by atoms with Crippen LogP contribution in [0.3, 0.4) is 0 Å². The van der Waals surface area contributed by atoms with Crippen LogP contribution in [-0.4, -0.2) is 44.8 Å². The van der Waals surface area contributed by atoms with E-state index in [1.807, 2.05) is 0 Å². The fourth-order valence-corrected chi connectivity index (χ4v) is 1.57. The summed E-state index contributed by atoms with van der Waals surface area (Å²) < 4.78 is 5.01. The molecule has 3 nitrogen and oxygen atoms in total. The van der Waals surface area contributed by atoms with E-state index in [1.54, 1.807) is 7.11 Å². The number of rotatable bonds is 8. The molecule has 0 aromatic carbocycles. The second-order valence-corrected chi connectivity index (χ2v) is 3.47. The van der Waals surface area contributed by atoms with Crippen molar-refractivity contribution in [2.24, 2.45) is 5.73 Å². The van der Waals surface area contributed by atoms with Crippen LogP contribution in [0.15, 0.2) is 0 Å². The third kappa shape index (κ3) is 6.02. The van der Waals surface area contributed by atoms with E-state index in [-0.39, 0.29) is 0 Å². The highest BCUT2D eigenvalue weighted by atomic mass is 16.5. The second-order valence-electron chi connectivity index (χ2n) is 3.47. The average molecular weight is 188 g/mol. The molecule has 0 amide bonds. The zero-order chi connectivity index (χ0) is 10.1. The zero-order valence-corrected chi connectivity index (χ0v) is 9.25. The van der Waals surface area contributed by atoms with Crippen molar-refractivity contribution >= 4 is 0 Å². The Bertz CT molecular complexity index is 109. The molecular formula is C10H24N2O. The fraction of sp³-hybridized carbons (Fsp3) is 1.00. The normalized spacial score (nSPS) is 13.6. The van der Waals surface area contributed by atoms with Crippen molar-refractivity contribution < 1.29 is 4.74 Å². The molecule has 0 aliphatic carbocycles. The Labute approximate surface area is 82.2 Å². The van der Waals surface area contributed by atoms with Crippen LogP contribution in [0.5, 0.6) is 0 Å². The van der Waals surface area contributed by atoms with Gasteiger partial charge in [0.1, 0.15) is 0 Å². The summed E-state index contributed by atoms with van der Waals surface area (Å²) in [6, 6.07) is 0.641. The molecule has 2 N–H and O–H groups in total. The topological polar surface area (TPSA) is 38.5 Å². The molecule has 0 heterocycles. The molecule has 0 fully saturated rings. The molecule has 1 unspecified atom stereocenters. The van der Waals surface area contributed by atoms with Gasteiger partial charge >= 0.3 is 0 Å². The Balaban J connectivity index is 3.57. The molecule has 80 valence electrons. The number of nitrogens with two attached hydrogens (primary N) is 1. The van der Waals surface area contributed by atoms with Crippen molar-refractivity contribution in [2.75, 3.05) is 33.9 Å². The lowest BCUT2D eigenvalue weighted by atomic mass is 10.1. The van der Waals surface area contributed by atoms with Crippen molar-refractivity contribution in [1.82, 2.24) is 4.90 Å². The summed E-state index contributed by atoms with van der Waals surface area (Å²) in [5.74, 6) is 0. The SMILES string of the molecule is CCC(CCN)N(C)CCCOC. The van der Waals surface area contributed by atoms with Crippen LogP contribution in [0, 0.1) is 0 Å². The van der Waals surface area contributed by atoms with E-state index in [2.05, 4.69) is 18.9 Å². The molecule has 0 bridgehead atoms. The van der Waals surface area contributed by atoms with Crippen molar-refractivity contribution in [3.8, 4) is 0 Å². The summed E-state index contributed by atoms with van der Waals surface area (Å²) >= 11 is 0. The molecule has 0 saturated carbocycles. The van der Waals surface area contributed by atoms with Gasteiger partial charge in [0, 0.05) is 26.3 Å². The van der Waals surface area contributed by atoms with Crippen molar-refractivity contribution in [2.45, 2.75) is 32.2 Å². The molecule has 0 aromatic rings. The largest absolute Gasteiger partial charge is 0.385 e. The molecule has 0 saturated heterocycles. The minimum absolute atomic E-state index is 0.641. The number of hydrogen-bond acceptors (Lipinski definition) is 3. The molecule has 0 aliphatic rings. The van der Waals surface area contributed by atoms with E-state index in [1.165, 1.54) is 6.42 Å². The van der Waals surface area contributed by atoms with Gasteiger partial charge in [-0.25, -0.2) is 0 Å². The first-order valence-electron chi connectivity index (χ1n) is 5.15. The van der Waals surface area contributed by atoms with Gasteiger partial charge in [-0.2, -0.15) is 0 Å². The predicted octanol–water partition coefficient (Wildman–Crippen LogP) is 1.08. The van der Waals surface area contributed by atoms with Gasteiger partial charge in [0.2, 0.25) is 0 Å². The molecule has 1 atom stereocenters. The molecule has 3 heteroatoms. The van der Waals surface area contributed by atoms with Crippen LogP contribution >= 0.6 is 0 Å². The smallest absolute Gasteiger partial charge is 0.0474 e. The first-order chi connectivity index (χ1) is 6.26. The van der Waals surface area contributed by atoms with Gasteiger partial charge < -0.3 is 15.4 Å². The average Bonchev–Trinajstić information content (AvgIpc) is 2.14. The Kier molecular flexibility index (Phi) is 8.40. The molecule has 0 radical (unpaired) electrons. The third-order valence-corrected chi connectivity index (χ3v) is 2.45. The maximum Gasteiger partial charge on any atom is 0.0474 e. The maximum absolute atomic E-state index is 5.55. The van der Waals surface area contributed by atoms with Gasteiger partial charge in [-0.1, -0.05) is 6.92 Å². The first kappa shape index (κ1) is 12.9. The van der Waals surface area contributed by atoms with Gasteiger partial charge in [-0.3, -0.25) is 0 Å². The van der Waals surface area contributed by atoms with Gasteiger partial charge in [0.15, 0.2) is 0 Å². The van der Waals surface area contributed by atoms with Crippen molar-refractivity contribution in [3.05, 3.63) is 0 Å². The number of nitrogens with zero attached hydrogens (tertiary/aromatic N) is 1. The van der Waals surface area contributed by atoms with Crippen molar-refractivity contribution in [3.63, 3.8) is 0 Å². The quantitative estimate of drug-likeness (QED) is 0.579. The van der Waals surface area contributed by atoms with Crippen LogP contribution in [0.4, 0.5) is 0 Å². The van der Waals surface area contributed by atoms with Gasteiger partial charge in [-0.05, 0) is 32.9 Å². The number of methoxy groups -OCH3 is 1. The van der Waals surface area contributed by atoms with Gasteiger partial charge in [0.25, 0.3) is 0 Å². The molecular weight excluding hydrogens is 164 g/mol. The standard InChI is InChI=1S/C10H24N2O/c1-4-10(6-7-11)12(2)8-5-9-13-3/h10H,4-9,11H2,1-3H3. The minimum Gasteiger partial charge on any atom is -0.385 e. The second kappa shape index (κ2) is 8.48. The summed E-state index contributed by atoms with van der Waals surface area (Å²) in [6.07, 6.45) is 3.38. The summed E-state index contributed by atoms with van der Waals surface area (Å²) in [5, 5.41) is 0. The lowest BCUT2D eigenvalue weighted by molar-refractivity contribution is 0.161. The lowest BCUT2D eigenvalue weighted by Crippen LogP contribution is -2.34. The number of hydrogen-bond donors (Lipinski definition) is 1. The molecule has 0 aromatic heterocycles. The highest BCUT2D eigenvalue weighted by molar-refractivity contribution is 4.67. The van der Waals surface area contributed by atoms with E-state index in [9.17, 15) is 0 Å². The summed E-state index contributed by atoms with van der Waals surface area (Å²) in [4.78, 5) is 2.38. The highest BCUT2D eigenvalue weighted by Crippen LogP contribution is 2.05. The third-order valence-electron chi connectivity index (χ3n) is 2.45. The van der Waals surface area contributed by atoms with Crippen LogP contribution in [0.25, 0.3) is 0 Å². The van der Waals surface area contributed by atoms with Gasteiger partial charge in [0.05, 0.1) is 0 Å². The van der Waals surface area contributed by atoms with E-state index >= 15 is 0 Å². The summed E-state index contributed by atoms with van der Waals surface area (Å²) in [5.41, 5.74) is 5.55. The monoisotopic (exact) mass is 188 g/mol. The highest BCUT2D eigenvalue weighted by Gasteiger charge is 2.10. The van der Waals surface area contributed by atoms with Crippen LogP contribution < -0.4 is 5.73 Å². The maximum atomic E-state index is 5.55. The van der Waals surface area contributed by atoms with Crippen molar-refractivity contribution in [1.29, 1.82) is 0 Å².